The number of ether oxygens (including phenoxy) is 2. The molecule has 0 radical (unpaired) electrons. The molecule has 146 valence electrons. The SMILES string of the molecule is COCC(C)n1c(N)nc2cnc3cc(-c4c(C)noc4C)c(OC)cc3c21. The van der Waals surface area contributed by atoms with Crippen molar-refractivity contribution in [2.75, 3.05) is 26.6 Å². The molecule has 28 heavy (non-hydrogen) atoms. The third-order valence-electron chi connectivity index (χ3n) is 5.02. The van der Waals surface area contributed by atoms with E-state index in [2.05, 4.69) is 15.1 Å². The third kappa shape index (κ3) is 2.68. The largest absolute Gasteiger partial charge is 0.496 e. The fourth-order valence-corrected chi connectivity index (χ4v) is 3.82. The van der Waals surface area contributed by atoms with Gasteiger partial charge in [-0.1, -0.05) is 5.16 Å². The molecule has 0 aliphatic carbocycles. The van der Waals surface area contributed by atoms with Gasteiger partial charge >= 0.3 is 0 Å². The Morgan fingerprint density at radius 3 is 2.64 bits per heavy atom. The molecule has 0 aliphatic rings. The van der Waals surface area contributed by atoms with Crippen molar-refractivity contribution in [3.05, 3.63) is 29.8 Å². The number of nitrogens with zero attached hydrogens (tertiary/aromatic N) is 4. The molecule has 0 saturated carbocycles. The van der Waals surface area contributed by atoms with Gasteiger partial charge < -0.3 is 24.3 Å². The number of fused-ring (bicyclic) bond motifs is 3. The predicted octanol–water partition coefficient (Wildman–Crippen LogP) is 3.65. The van der Waals surface area contributed by atoms with Gasteiger partial charge in [0.1, 0.15) is 17.0 Å². The zero-order chi connectivity index (χ0) is 20.0. The van der Waals surface area contributed by atoms with E-state index in [0.29, 0.717) is 18.3 Å². The number of hydrogen-bond donors (Lipinski definition) is 1. The zero-order valence-corrected chi connectivity index (χ0v) is 16.6. The van der Waals surface area contributed by atoms with Crippen LogP contribution >= 0.6 is 0 Å². The number of pyridine rings is 1. The lowest BCUT2D eigenvalue weighted by molar-refractivity contribution is 0.164. The van der Waals surface area contributed by atoms with Gasteiger partial charge in [-0.05, 0) is 32.9 Å². The molecule has 1 unspecified atom stereocenters. The average molecular weight is 381 g/mol. The van der Waals surface area contributed by atoms with E-state index >= 15 is 0 Å². The molecule has 1 atom stereocenters. The molecule has 4 aromatic rings. The smallest absolute Gasteiger partial charge is 0.201 e. The first-order valence-corrected chi connectivity index (χ1v) is 9.02. The van der Waals surface area contributed by atoms with Crippen LogP contribution in [0.1, 0.15) is 24.4 Å². The molecule has 4 rings (SSSR count). The van der Waals surface area contributed by atoms with Gasteiger partial charge in [0.15, 0.2) is 0 Å². The maximum atomic E-state index is 6.21. The van der Waals surface area contributed by atoms with Crippen LogP contribution in [-0.4, -0.2) is 40.5 Å². The first-order valence-electron chi connectivity index (χ1n) is 9.02. The molecule has 0 saturated heterocycles. The summed E-state index contributed by atoms with van der Waals surface area (Å²) < 4.78 is 18.4. The zero-order valence-electron chi connectivity index (χ0n) is 16.6. The van der Waals surface area contributed by atoms with Crippen molar-refractivity contribution in [2.24, 2.45) is 0 Å². The minimum Gasteiger partial charge on any atom is -0.496 e. The summed E-state index contributed by atoms with van der Waals surface area (Å²) in [6.07, 6.45) is 1.74. The van der Waals surface area contributed by atoms with Crippen LogP contribution in [0.2, 0.25) is 0 Å². The number of rotatable bonds is 5. The highest BCUT2D eigenvalue weighted by atomic mass is 16.5. The van der Waals surface area contributed by atoms with Gasteiger partial charge in [-0.2, -0.15) is 0 Å². The lowest BCUT2D eigenvalue weighted by Gasteiger charge is -2.16. The van der Waals surface area contributed by atoms with Gasteiger partial charge in [-0.15, -0.1) is 0 Å². The van der Waals surface area contributed by atoms with E-state index in [1.54, 1.807) is 20.4 Å². The van der Waals surface area contributed by atoms with Crippen LogP contribution in [0.4, 0.5) is 5.95 Å². The van der Waals surface area contributed by atoms with Crippen molar-refractivity contribution in [2.45, 2.75) is 26.8 Å². The molecule has 8 heteroatoms. The molecule has 3 heterocycles. The van der Waals surface area contributed by atoms with Gasteiger partial charge in [0.2, 0.25) is 5.95 Å². The van der Waals surface area contributed by atoms with Gasteiger partial charge in [0.25, 0.3) is 0 Å². The van der Waals surface area contributed by atoms with Crippen LogP contribution in [0.25, 0.3) is 33.1 Å². The Hall–Kier alpha value is -3.13. The molecule has 8 nitrogen and oxygen atoms in total. The van der Waals surface area contributed by atoms with Crippen molar-refractivity contribution < 1.29 is 14.0 Å². The molecule has 3 aromatic heterocycles. The first-order chi connectivity index (χ1) is 13.5. The maximum absolute atomic E-state index is 6.21. The van der Waals surface area contributed by atoms with Crippen LogP contribution < -0.4 is 10.5 Å². The van der Waals surface area contributed by atoms with E-state index < -0.39 is 0 Å². The highest BCUT2D eigenvalue weighted by Gasteiger charge is 2.21. The Bertz CT molecular complexity index is 1160. The summed E-state index contributed by atoms with van der Waals surface area (Å²) >= 11 is 0. The molecule has 0 spiro atoms. The number of benzene rings is 1. The van der Waals surface area contributed by atoms with Crippen molar-refractivity contribution >= 4 is 27.9 Å². The monoisotopic (exact) mass is 381 g/mol. The lowest BCUT2D eigenvalue weighted by atomic mass is 10.0. The number of aromatic nitrogens is 4. The molecular formula is C20H23N5O3. The Morgan fingerprint density at radius 2 is 2.00 bits per heavy atom. The first kappa shape index (κ1) is 18.2. The second-order valence-corrected chi connectivity index (χ2v) is 6.91. The second kappa shape index (κ2) is 6.79. The normalized spacial score (nSPS) is 12.8. The third-order valence-corrected chi connectivity index (χ3v) is 5.02. The van der Waals surface area contributed by atoms with Gasteiger partial charge in [-0.3, -0.25) is 4.98 Å². The van der Waals surface area contributed by atoms with Crippen molar-refractivity contribution in [3.8, 4) is 16.9 Å². The molecule has 1 aromatic carbocycles. The number of imidazole rings is 1. The van der Waals surface area contributed by atoms with E-state index in [4.69, 9.17) is 19.7 Å². The maximum Gasteiger partial charge on any atom is 0.201 e. The fourth-order valence-electron chi connectivity index (χ4n) is 3.82. The second-order valence-electron chi connectivity index (χ2n) is 6.91. The summed E-state index contributed by atoms with van der Waals surface area (Å²) in [4.78, 5) is 9.08. The highest BCUT2D eigenvalue weighted by molar-refractivity contribution is 6.05. The number of nitrogens with two attached hydrogens (primary N) is 1. The summed E-state index contributed by atoms with van der Waals surface area (Å²) in [6.45, 7) is 6.36. The van der Waals surface area contributed by atoms with E-state index in [9.17, 15) is 0 Å². The van der Waals surface area contributed by atoms with Crippen molar-refractivity contribution in [3.63, 3.8) is 0 Å². The van der Waals surface area contributed by atoms with E-state index in [1.807, 2.05) is 37.5 Å². The average Bonchev–Trinajstić information content (AvgIpc) is 3.19. The number of hydrogen-bond acceptors (Lipinski definition) is 7. The number of anilines is 1. The molecule has 0 aliphatic heterocycles. The Morgan fingerprint density at radius 1 is 1.21 bits per heavy atom. The van der Waals surface area contributed by atoms with Gasteiger partial charge in [0, 0.05) is 18.1 Å². The topological polar surface area (TPSA) is 101 Å². The quantitative estimate of drug-likeness (QED) is 0.563. The predicted molar refractivity (Wildman–Crippen MR) is 108 cm³/mol. The Balaban J connectivity index is 2.05. The van der Waals surface area contributed by atoms with Crippen molar-refractivity contribution in [1.29, 1.82) is 0 Å². The summed E-state index contributed by atoms with van der Waals surface area (Å²) in [7, 11) is 3.32. The van der Waals surface area contributed by atoms with Crippen LogP contribution in [0.3, 0.4) is 0 Å². The number of methoxy groups -OCH3 is 2. The summed E-state index contributed by atoms with van der Waals surface area (Å²) in [5.74, 6) is 1.88. The molecule has 0 fully saturated rings. The molecule has 2 N–H and O–H groups in total. The highest BCUT2D eigenvalue weighted by Crippen LogP contribution is 2.39. The van der Waals surface area contributed by atoms with Crippen LogP contribution in [0.15, 0.2) is 22.9 Å². The number of nitrogen functional groups attached to an aromatic ring is 1. The summed E-state index contributed by atoms with van der Waals surface area (Å²) in [5.41, 5.74) is 11.3. The Labute approximate surface area is 162 Å². The van der Waals surface area contributed by atoms with Crippen LogP contribution in [0, 0.1) is 13.8 Å². The minimum absolute atomic E-state index is 0.0221. The molecule has 0 bridgehead atoms. The van der Waals surface area contributed by atoms with Gasteiger partial charge in [-0.25, -0.2) is 4.98 Å². The molecular weight excluding hydrogens is 358 g/mol. The fraction of sp³-hybridized carbons (Fsp3) is 0.350. The Kier molecular flexibility index (Phi) is 4.43. The number of aryl methyl sites for hydroxylation is 2. The standard InChI is InChI=1S/C20H23N5O3/c1-10(9-26-4)25-19-13-7-17(27-5)14(18-11(2)24-28-12(18)3)6-15(13)22-8-16(19)23-20(25)21/h6-8,10H,9H2,1-5H3,(H2,21,23). The van der Waals surface area contributed by atoms with Crippen LogP contribution in [-0.2, 0) is 4.74 Å². The summed E-state index contributed by atoms with van der Waals surface area (Å²) in [6, 6.07) is 3.99. The van der Waals surface area contributed by atoms with Gasteiger partial charge in [0.05, 0.1) is 48.2 Å². The van der Waals surface area contributed by atoms with Crippen molar-refractivity contribution in [1.82, 2.24) is 19.7 Å². The van der Waals surface area contributed by atoms with E-state index in [-0.39, 0.29) is 6.04 Å². The summed E-state index contributed by atoms with van der Waals surface area (Å²) in [5, 5.41) is 4.98. The molecule has 0 amide bonds. The lowest BCUT2D eigenvalue weighted by Crippen LogP contribution is -2.13. The van der Waals surface area contributed by atoms with Crippen LogP contribution in [0.5, 0.6) is 5.75 Å². The van der Waals surface area contributed by atoms with E-state index in [0.717, 1.165) is 44.5 Å². The minimum atomic E-state index is 0.0221. The van der Waals surface area contributed by atoms with E-state index in [1.165, 1.54) is 0 Å².